The van der Waals surface area contributed by atoms with Gasteiger partial charge < -0.3 is 9.84 Å². The molecular formula is C12H12Cl2F2O3. The van der Waals surface area contributed by atoms with E-state index in [1.807, 2.05) is 0 Å². The smallest absolute Gasteiger partial charge is 0.380 e. The lowest BCUT2D eigenvalue weighted by atomic mass is 9.89. The van der Waals surface area contributed by atoms with E-state index < -0.39 is 17.5 Å². The van der Waals surface area contributed by atoms with Crippen molar-refractivity contribution in [2.24, 2.45) is 0 Å². The molecule has 1 rings (SSSR count). The van der Waals surface area contributed by atoms with E-state index in [0.29, 0.717) is 0 Å². The monoisotopic (exact) mass is 312 g/mol. The van der Waals surface area contributed by atoms with Gasteiger partial charge in [-0.1, -0.05) is 23.2 Å². The Morgan fingerprint density at radius 3 is 2.53 bits per heavy atom. The van der Waals surface area contributed by atoms with E-state index in [0.717, 1.165) is 13.0 Å². The van der Waals surface area contributed by atoms with E-state index in [4.69, 9.17) is 23.2 Å². The van der Waals surface area contributed by atoms with Crippen LogP contribution in [0.4, 0.5) is 8.78 Å². The average Bonchev–Trinajstić information content (AvgIpc) is 2.32. The Labute approximate surface area is 119 Å². The highest BCUT2D eigenvalue weighted by Crippen LogP contribution is 2.42. The highest BCUT2D eigenvalue weighted by Gasteiger charge is 2.58. The van der Waals surface area contributed by atoms with Crippen molar-refractivity contribution < 1.29 is 23.4 Å². The summed E-state index contributed by atoms with van der Waals surface area (Å²) in [5.41, 5.74) is -3.18. The summed E-state index contributed by atoms with van der Waals surface area (Å²) in [6.07, 6.45) is 0. The van der Waals surface area contributed by atoms with Crippen molar-refractivity contribution >= 4 is 29.2 Å². The van der Waals surface area contributed by atoms with Gasteiger partial charge in [0.2, 0.25) is 0 Å². The molecule has 0 radical (unpaired) electrons. The molecule has 0 amide bonds. The number of hydrogen-bond acceptors (Lipinski definition) is 3. The van der Waals surface area contributed by atoms with E-state index in [9.17, 15) is 18.7 Å². The minimum Gasteiger partial charge on any atom is -0.461 e. The zero-order valence-corrected chi connectivity index (χ0v) is 11.7. The Balaban J connectivity index is 3.29. The molecule has 0 bridgehead atoms. The Hall–Kier alpha value is -0.910. The third kappa shape index (κ3) is 2.99. The topological polar surface area (TPSA) is 46.5 Å². The summed E-state index contributed by atoms with van der Waals surface area (Å²) in [4.78, 5) is 11.3. The van der Waals surface area contributed by atoms with Gasteiger partial charge in [0, 0.05) is 15.6 Å². The van der Waals surface area contributed by atoms with Gasteiger partial charge in [-0.15, -0.1) is 0 Å². The second kappa shape index (κ2) is 5.61. The fourth-order valence-corrected chi connectivity index (χ4v) is 1.93. The zero-order chi connectivity index (χ0) is 14.8. The van der Waals surface area contributed by atoms with Crippen LogP contribution in [-0.4, -0.2) is 23.6 Å². The summed E-state index contributed by atoms with van der Waals surface area (Å²) in [7, 11) is 0. The third-order valence-corrected chi connectivity index (χ3v) is 3.16. The highest BCUT2D eigenvalue weighted by atomic mass is 35.5. The van der Waals surface area contributed by atoms with Crippen LogP contribution in [0.15, 0.2) is 18.2 Å². The maximum absolute atomic E-state index is 14.0. The van der Waals surface area contributed by atoms with E-state index >= 15 is 0 Å². The highest BCUT2D eigenvalue weighted by molar-refractivity contribution is 6.33. The Bertz CT molecular complexity index is 490. The number of rotatable bonds is 4. The normalized spacial score (nSPS) is 14.9. The largest absolute Gasteiger partial charge is 0.461 e. The summed E-state index contributed by atoms with van der Waals surface area (Å²) in [6, 6.07) is 3.72. The predicted octanol–water partition coefficient (Wildman–Crippen LogP) is 3.40. The molecule has 0 aliphatic heterocycles. The van der Waals surface area contributed by atoms with Gasteiger partial charge in [-0.2, -0.15) is 8.78 Å². The first-order valence-electron chi connectivity index (χ1n) is 5.37. The number of esters is 1. The first-order valence-corrected chi connectivity index (χ1v) is 6.13. The van der Waals surface area contributed by atoms with E-state index in [1.54, 1.807) is 0 Å². The third-order valence-electron chi connectivity index (χ3n) is 2.60. The maximum Gasteiger partial charge on any atom is 0.380 e. The van der Waals surface area contributed by atoms with Crippen molar-refractivity contribution in [2.75, 3.05) is 6.61 Å². The average molecular weight is 313 g/mol. The second-order valence-electron chi connectivity index (χ2n) is 3.99. The molecule has 1 aromatic carbocycles. The number of aliphatic hydroxyl groups is 1. The summed E-state index contributed by atoms with van der Waals surface area (Å²) < 4.78 is 32.2. The first kappa shape index (κ1) is 16.1. The second-order valence-corrected chi connectivity index (χ2v) is 4.83. The van der Waals surface area contributed by atoms with Gasteiger partial charge in [0.1, 0.15) is 0 Å². The zero-order valence-electron chi connectivity index (χ0n) is 10.2. The number of hydrogen-bond donors (Lipinski definition) is 1. The van der Waals surface area contributed by atoms with Gasteiger partial charge in [0.05, 0.1) is 6.61 Å². The van der Waals surface area contributed by atoms with Gasteiger partial charge in [-0.25, -0.2) is 4.79 Å². The number of alkyl halides is 2. The fraction of sp³-hybridized carbons (Fsp3) is 0.417. The molecule has 19 heavy (non-hydrogen) atoms. The predicted molar refractivity (Wildman–Crippen MR) is 67.6 cm³/mol. The molecule has 0 saturated carbocycles. The van der Waals surface area contributed by atoms with Crippen LogP contribution in [0.5, 0.6) is 0 Å². The van der Waals surface area contributed by atoms with Crippen LogP contribution < -0.4 is 0 Å². The molecule has 1 aromatic rings. The molecule has 7 heteroatoms. The molecule has 0 fully saturated rings. The van der Waals surface area contributed by atoms with E-state index in [-0.39, 0.29) is 22.2 Å². The SMILES string of the molecule is CCOC(=O)C(F)(F)C(C)(O)c1cc(Cl)ccc1Cl. The van der Waals surface area contributed by atoms with Crippen LogP contribution in [0, 0.1) is 0 Å². The summed E-state index contributed by atoms with van der Waals surface area (Å²) in [6.45, 7) is 1.93. The number of carbonyl (C=O) groups is 1. The number of halogens is 4. The molecule has 3 nitrogen and oxygen atoms in total. The lowest BCUT2D eigenvalue weighted by Crippen LogP contribution is -2.50. The van der Waals surface area contributed by atoms with Crippen molar-refractivity contribution in [2.45, 2.75) is 25.4 Å². The standard InChI is InChI=1S/C12H12Cl2F2O3/c1-3-19-10(17)12(15,16)11(2,18)8-6-7(13)4-5-9(8)14/h4-6,18H,3H2,1-2H3. The number of benzene rings is 1. The van der Waals surface area contributed by atoms with Crippen LogP contribution in [0.3, 0.4) is 0 Å². The van der Waals surface area contributed by atoms with Crippen LogP contribution in [0.25, 0.3) is 0 Å². The van der Waals surface area contributed by atoms with E-state index in [2.05, 4.69) is 4.74 Å². The van der Waals surface area contributed by atoms with Crippen LogP contribution >= 0.6 is 23.2 Å². The van der Waals surface area contributed by atoms with Crippen molar-refractivity contribution in [3.8, 4) is 0 Å². The minimum absolute atomic E-state index is 0.110. The molecule has 106 valence electrons. The van der Waals surface area contributed by atoms with Crippen molar-refractivity contribution in [1.29, 1.82) is 0 Å². The lowest BCUT2D eigenvalue weighted by molar-refractivity contribution is -0.212. The summed E-state index contributed by atoms with van der Waals surface area (Å²) >= 11 is 11.4. The van der Waals surface area contributed by atoms with Gasteiger partial charge in [0.15, 0.2) is 5.60 Å². The number of ether oxygens (including phenoxy) is 1. The van der Waals surface area contributed by atoms with Gasteiger partial charge in [-0.05, 0) is 32.0 Å². The molecule has 0 spiro atoms. The number of carbonyl (C=O) groups excluding carboxylic acids is 1. The molecule has 1 atom stereocenters. The minimum atomic E-state index is -4.16. The van der Waals surface area contributed by atoms with Gasteiger partial charge in [0.25, 0.3) is 0 Å². The molecule has 0 saturated heterocycles. The summed E-state index contributed by atoms with van der Waals surface area (Å²) in [5.74, 6) is -5.98. The Kier molecular flexibility index (Phi) is 4.76. The van der Waals surface area contributed by atoms with Crippen molar-refractivity contribution in [3.05, 3.63) is 33.8 Å². The maximum atomic E-state index is 14.0. The molecular weight excluding hydrogens is 301 g/mol. The van der Waals surface area contributed by atoms with Gasteiger partial charge >= 0.3 is 11.9 Å². The Morgan fingerprint density at radius 1 is 1.42 bits per heavy atom. The van der Waals surface area contributed by atoms with Gasteiger partial charge in [-0.3, -0.25) is 0 Å². The molecule has 0 aliphatic carbocycles. The van der Waals surface area contributed by atoms with Crippen LogP contribution in [0.1, 0.15) is 19.4 Å². The molecule has 1 unspecified atom stereocenters. The Morgan fingerprint density at radius 2 is 2.00 bits per heavy atom. The van der Waals surface area contributed by atoms with Crippen molar-refractivity contribution in [3.63, 3.8) is 0 Å². The molecule has 1 N–H and O–H groups in total. The lowest BCUT2D eigenvalue weighted by Gasteiger charge is -2.31. The van der Waals surface area contributed by atoms with E-state index in [1.165, 1.54) is 19.1 Å². The molecule has 0 aliphatic rings. The summed E-state index contributed by atoms with van der Waals surface area (Å²) in [5, 5.41) is 10.0. The van der Waals surface area contributed by atoms with Crippen molar-refractivity contribution in [1.82, 2.24) is 0 Å². The molecule has 0 heterocycles. The molecule has 0 aromatic heterocycles. The fourth-order valence-electron chi connectivity index (χ4n) is 1.46. The van der Waals surface area contributed by atoms with Crippen LogP contribution in [-0.2, 0) is 15.1 Å². The first-order chi connectivity index (χ1) is 8.64. The quantitative estimate of drug-likeness (QED) is 0.867. The van der Waals surface area contributed by atoms with Crippen LogP contribution in [0.2, 0.25) is 10.0 Å².